The van der Waals surface area contributed by atoms with Crippen LogP contribution in [0, 0.1) is 17.3 Å². The third kappa shape index (κ3) is 2.88. The van der Waals surface area contributed by atoms with Crippen LogP contribution in [0.2, 0.25) is 0 Å². The summed E-state index contributed by atoms with van der Waals surface area (Å²) in [7, 11) is 1.71. The molecule has 108 valence electrons. The summed E-state index contributed by atoms with van der Waals surface area (Å²) in [6.07, 6.45) is 1.07. The predicted molar refractivity (Wildman–Crippen MR) is 80.7 cm³/mol. The molecule has 1 aromatic heterocycles. The number of nitrogens with one attached hydrogen (secondary N) is 1. The Kier molecular flexibility index (Phi) is 4.48. The van der Waals surface area contributed by atoms with Crippen LogP contribution in [0.15, 0.2) is 11.4 Å². The van der Waals surface area contributed by atoms with Crippen LogP contribution in [0.3, 0.4) is 0 Å². The molecule has 1 heterocycles. The Balaban J connectivity index is 1.98. The van der Waals surface area contributed by atoms with Gasteiger partial charge in [0.25, 0.3) is 5.91 Å². The molecular weight excluding hydrogens is 272 g/mol. The number of methoxy groups -OCH3 is 1. The normalized spacial score (nSPS) is 23.4. The third-order valence-corrected chi connectivity index (χ3v) is 4.79. The van der Waals surface area contributed by atoms with E-state index in [1.807, 2.05) is 11.4 Å². The van der Waals surface area contributed by atoms with E-state index in [0.717, 1.165) is 11.3 Å². The summed E-state index contributed by atoms with van der Waals surface area (Å²) in [4.78, 5) is 13.1. The molecule has 1 fully saturated rings. The number of nitrogens with two attached hydrogens (primary N) is 1. The first kappa shape index (κ1) is 15.0. The quantitative estimate of drug-likeness (QED) is 0.832. The minimum absolute atomic E-state index is 0.0252. The van der Waals surface area contributed by atoms with Gasteiger partial charge in [-0.05, 0) is 12.5 Å². The summed E-state index contributed by atoms with van der Waals surface area (Å²) >= 11 is 1.46. The molecule has 1 amide bonds. The highest BCUT2D eigenvalue weighted by Gasteiger charge is 2.49. The summed E-state index contributed by atoms with van der Waals surface area (Å²) in [5.74, 6) is 5.68. The van der Waals surface area contributed by atoms with Crippen LogP contribution in [-0.4, -0.2) is 31.7 Å². The highest BCUT2D eigenvalue weighted by molar-refractivity contribution is 7.10. The highest BCUT2D eigenvalue weighted by atomic mass is 32.1. The van der Waals surface area contributed by atoms with Gasteiger partial charge in [-0.1, -0.05) is 25.7 Å². The third-order valence-electron chi connectivity index (χ3n) is 3.94. The first-order valence-electron chi connectivity index (χ1n) is 6.60. The lowest BCUT2D eigenvalue weighted by Crippen LogP contribution is -2.61. The molecule has 1 aromatic rings. The highest BCUT2D eigenvalue weighted by Crippen LogP contribution is 2.42. The van der Waals surface area contributed by atoms with Gasteiger partial charge >= 0.3 is 0 Å². The van der Waals surface area contributed by atoms with Gasteiger partial charge in [0.15, 0.2) is 0 Å². The molecule has 0 saturated heterocycles. The molecule has 1 aliphatic rings. The maximum atomic E-state index is 12.2. The van der Waals surface area contributed by atoms with Crippen LogP contribution >= 0.6 is 11.3 Å². The molecule has 2 rings (SSSR count). The monoisotopic (exact) mass is 292 g/mol. The molecule has 2 atom stereocenters. The van der Waals surface area contributed by atoms with Crippen molar-refractivity contribution in [3.63, 3.8) is 0 Å². The van der Waals surface area contributed by atoms with Gasteiger partial charge in [-0.2, -0.15) is 0 Å². The topological polar surface area (TPSA) is 64.3 Å². The molecule has 4 nitrogen and oxygen atoms in total. The molecule has 3 N–H and O–H groups in total. The van der Waals surface area contributed by atoms with Gasteiger partial charge in [-0.15, -0.1) is 11.3 Å². The van der Waals surface area contributed by atoms with Crippen molar-refractivity contribution in [3.05, 3.63) is 21.9 Å². The van der Waals surface area contributed by atoms with Crippen molar-refractivity contribution in [1.82, 2.24) is 5.32 Å². The maximum Gasteiger partial charge on any atom is 0.252 e. The Morgan fingerprint density at radius 1 is 1.65 bits per heavy atom. The SMILES string of the molecule is COC1CC(NC(=O)c2csc(C#CCN)c2)C1(C)C. The molecular formula is C15H20N2O2S. The van der Waals surface area contributed by atoms with Gasteiger partial charge in [0.2, 0.25) is 0 Å². The van der Waals surface area contributed by atoms with E-state index in [1.165, 1.54) is 11.3 Å². The van der Waals surface area contributed by atoms with Crippen LogP contribution in [0.5, 0.6) is 0 Å². The van der Waals surface area contributed by atoms with Crippen molar-refractivity contribution >= 4 is 17.2 Å². The Hall–Kier alpha value is -1.35. The fourth-order valence-corrected chi connectivity index (χ4v) is 3.19. The standard InChI is InChI=1S/C15H20N2O2S/c1-15(2)12(8-13(15)19-3)17-14(18)10-7-11(20-9-10)5-4-6-16/h7,9,12-13H,6,8,16H2,1-3H3,(H,17,18). The van der Waals surface area contributed by atoms with E-state index in [1.54, 1.807) is 7.11 Å². The Morgan fingerprint density at radius 2 is 2.40 bits per heavy atom. The van der Waals surface area contributed by atoms with Gasteiger partial charge in [-0.25, -0.2) is 0 Å². The fraction of sp³-hybridized carbons (Fsp3) is 0.533. The molecule has 0 radical (unpaired) electrons. The molecule has 5 heteroatoms. The number of thiophene rings is 1. The lowest BCUT2D eigenvalue weighted by atomic mass is 9.64. The summed E-state index contributed by atoms with van der Waals surface area (Å²) in [5.41, 5.74) is 5.97. The predicted octanol–water partition coefficient (Wildman–Crippen LogP) is 1.60. The van der Waals surface area contributed by atoms with E-state index in [9.17, 15) is 4.79 Å². The van der Waals surface area contributed by atoms with Crippen molar-refractivity contribution in [3.8, 4) is 11.8 Å². The molecule has 20 heavy (non-hydrogen) atoms. The van der Waals surface area contributed by atoms with Crippen molar-refractivity contribution in [2.45, 2.75) is 32.4 Å². The zero-order valence-corrected chi connectivity index (χ0v) is 12.8. The first-order chi connectivity index (χ1) is 9.48. The molecule has 0 aromatic carbocycles. The lowest BCUT2D eigenvalue weighted by molar-refractivity contribution is -0.0942. The van der Waals surface area contributed by atoms with E-state index in [2.05, 4.69) is 31.0 Å². The van der Waals surface area contributed by atoms with Crippen molar-refractivity contribution in [1.29, 1.82) is 0 Å². The molecule has 1 saturated carbocycles. The molecule has 0 spiro atoms. The summed E-state index contributed by atoms with van der Waals surface area (Å²) in [5, 5.41) is 4.90. The van der Waals surface area contributed by atoms with Gasteiger partial charge in [0.05, 0.1) is 23.1 Å². The number of carbonyl (C=O) groups excluding carboxylic acids is 1. The smallest absolute Gasteiger partial charge is 0.252 e. The second-order valence-electron chi connectivity index (χ2n) is 5.51. The Labute approximate surface area is 123 Å². The maximum absolute atomic E-state index is 12.2. The van der Waals surface area contributed by atoms with Crippen LogP contribution < -0.4 is 11.1 Å². The second kappa shape index (κ2) is 5.96. The van der Waals surface area contributed by atoms with Crippen molar-refractivity contribution < 1.29 is 9.53 Å². The van der Waals surface area contributed by atoms with Gasteiger partial charge in [0, 0.05) is 23.9 Å². The number of ether oxygens (including phenoxy) is 1. The van der Waals surface area contributed by atoms with Gasteiger partial charge < -0.3 is 15.8 Å². The second-order valence-corrected chi connectivity index (χ2v) is 6.42. The Bertz CT molecular complexity index is 554. The molecule has 0 bridgehead atoms. The number of amides is 1. The van der Waals surface area contributed by atoms with E-state index in [-0.39, 0.29) is 23.5 Å². The van der Waals surface area contributed by atoms with E-state index in [4.69, 9.17) is 10.5 Å². The largest absolute Gasteiger partial charge is 0.381 e. The first-order valence-corrected chi connectivity index (χ1v) is 7.48. The van der Waals surface area contributed by atoms with E-state index < -0.39 is 0 Å². The number of rotatable bonds is 3. The zero-order chi connectivity index (χ0) is 14.8. The molecule has 2 unspecified atom stereocenters. The minimum Gasteiger partial charge on any atom is -0.381 e. The number of carbonyl (C=O) groups is 1. The van der Waals surface area contributed by atoms with Gasteiger partial charge in [0.1, 0.15) is 0 Å². The van der Waals surface area contributed by atoms with Crippen LogP contribution in [-0.2, 0) is 4.74 Å². The van der Waals surface area contributed by atoms with Crippen LogP contribution in [0.4, 0.5) is 0 Å². The number of hydrogen-bond donors (Lipinski definition) is 2. The zero-order valence-electron chi connectivity index (χ0n) is 12.0. The Morgan fingerprint density at radius 3 is 3.00 bits per heavy atom. The van der Waals surface area contributed by atoms with Crippen molar-refractivity contribution in [2.75, 3.05) is 13.7 Å². The summed E-state index contributed by atoms with van der Waals surface area (Å²) in [6.45, 7) is 4.55. The van der Waals surface area contributed by atoms with Crippen molar-refractivity contribution in [2.24, 2.45) is 11.1 Å². The van der Waals surface area contributed by atoms with E-state index >= 15 is 0 Å². The van der Waals surface area contributed by atoms with Gasteiger partial charge in [-0.3, -0.25) is 4.79 Å². The summed E-state index contributed by atoms with van der Waals surface area (Å²) in [6, 6.07) is 1.96. The van der Waals surface area contributed by atoms with E-state index in [0.29, 0.717) is 12.1 Å². The van der Waals surface area contributed by atoms with Crippen LogP contribution in [0.1, 0.15) is 35.5 Å². The average molecular weight is 292 g/mol. The minimum atomic E-state index is -0.0466. The fourth-order valence-electron chi connectivity index (χ4n) is 2.43. The summed E-state index contributed by atoms with van der Waals surface area (Å²) < 4.78 is 5.39. The molecule has 0 aliphatic heterocycles. The molecule has 1 aliphatic carbocycles. The lowest BCUT2D eigenvalue weighted by Gasteiger charge is -2.51. The number of hydrogen-bond acceptors (Lipinski definition) is 4. The average Bonchev–Trinajstić information content (AvgIpc) is 2.89. The van der Waals surface area contributed by atoms with Crippen LogP contribution in [0.25, 0.3) is 0 Å².